The third-order valence-electron chi connectivity index (χ3n) is 2.77. The highest BCUT2D eigenvalue weighted by atomic mass is 32.2. The van der Waals surface area contributed by atoms with Crippen molar-refractivity contribution in [1.82, 2.24) is 0 Å². The van der Waals surface area contributed by atoms with Crippen molar-refractivity contribution in [1.29, 1.82) is 0 Å². The Labute approximate surface area is 147 Å². The van der Waals surface area contributed by atoms with Crippen LogP contribution in [-0.4, -0.2) is 51.5 Å². The Bertz CT molecular complexity index is 1170. The second-order valence-corrected chi connectivity index (χ2v) is 8.56. The maximum Gasteiger partial charge on any atom is 0.297 e. The summed E-state index contributed by atoms with van der Waals surface area (Å²) >= 11 is 0. The molecule has 0 bridgehead atoms. The van der Waals surface area contributed by atoms with Gasteiger partial charge in [0.25, 0.3) is 30.4 Å². The van der Waals surface area contributed by atoms with Crippen molar-refractivity contribution in [2.75, 3.05) is 0 Å². The van der Waals surface area contributed by atoms with E-state index in [1.165, 1.54) is 18.2 Å². The van der Waals surface area contributed by atoms with Crippen LogP contribution in [0.4, 0.5) is 0 Å². The molecule has 142 valence electrons. The minimum atomic E-state index is -5.40. The van der Waals surface area contributed by atoms with Crippen LogP contribution in [0.5, 0.6) is 0 Å². The fourth-order valence-corrected chi connectivity index (χ4v) is 5.37. The molecular formula is C12H10O11S3. The van der Waals surface area contributed by atoms with Gasteiger partial charge in [-0.05, 0) is 11.5 Å². The van der Waals surface area contributed by atoms with Gasteiger partial charge in [0.05, 0.1) is 0 Å². The van der Waals surface area contributed by atoms with Crippen molar-refractivity contribution in [2.24, 2.45) is 0 Å². The molecule has 0 aliphatic carbocycles. The van der Waals surface area contributed by atoms with Gasteiger partial charge < -0.3 is 0 Å². The first-order chi connectivity index (χ1) is 11.7. The van der Waals surface area contributed by atoms with E-state index >= 15 is 0 Å². The van der Waals surface area contributed by atoms with E-state index in [0.717, 1.165) is 6.07 Å². The second kappa shape index (κ2) is 7.56. The molecule has 0 heterocycles. The number of carbonyl (C=O) groups is 2. The van der Waals surface area contributed by atoms with E-state index in [1.807, 2.05) is 0 Å². The molecule has 0 atom stereocenters. The molecule has 26 heavy (non-hydrogen) atoms. The predicted octanol–water partition coefficient (Wildman–Crippen LogP) is -0.0359. The lowest BCUT2D eigenvalue weighted by Gasteiger charge is -2.12. The molecule has 0 amide bonds. The highest BCUT2D eigenvalue weighted by Gasteiger charge is 2.34. The van der Waals surface area contributed by atoms with Crippen LogP contribution < -0.4 is 0 Å². The van der Waals surface area contributed by atoms with Crippen molar-refractivity contribution < 1.29 is 48.5 Å². The van der Waals surface area contributed by atoms with Gasteiger partial charge in [0.15, 0.2) is 12.6 Å². The summed E-state index contributed by atoms with van der Waals surface area (Å²) in [6.45, 7) is 0. The Morgan fingerprint density at radius 3 is 1.54 bits per heavy atom. The fraction of sp³-hybridized carbons (Fsp3) is 0. The Kier molecular flexibility index (Phi) is 6.35. The largest absolute Gasteiger partial charge is 0.297 e. The van der Waals surface area contributed by atoms with Gasteiger partial charge in [-0.25, -0.2) is 0 Å². The minimum absolute atomic E-state index is 0.0878. The summed E-state index contributed by atoms with van der Waals surface area (Å²) in [7, 11) is -15.8. The van der Waals surface area contributed by atoms with Crippen LogP contribution in [0.3, 0.4) is 0 Å². The number of aldehydes is 2. The molecule has 3 N–H and O–H groups in total. The zero-order chi connectivity index (χ0) is 20.3. The average molecular weight is 426 g/mol. The summed E-state index contributed by atoms with van der Waals surface area (Å²) in [5, 5.41) is -0.430. The molecular weight excluding hydrogens is 416 g/mol. The summed E-state index contributed by atoms with van der Waals surface area (Å²) in [5.74, 6) is 0. The van der Waals surface area contributed by atoms with E-state index in [0.29, 0.717) is 6.07 Å². The number of hydrogen-bond donors (Lipinski definition) is 3. The summed E-state index contributed by atoms with van der Waals surface area (Å²) in [6, 6.07) is 5.69. The molecule has 0 aromatic heterocycles. The fourth-order valence-electron chi connectivity index (χ4n) is 1.96. The van der Waals surface area contributed by atoms with Gasteiger partial charge in [-0.15, -0.1) is 0 Å². The molecule has 2 rings (SSSR count). The van der Waals surface area contributed by atoms with E-state index in [-0.39, 0.29) is 23.3 Å². The summed E-state index contributed by atoms with van der Waals surface area (Å²) < 4.78 is 96.0. The minimum Gasteiger partial charge on any atom is -0.295 e. The van der Waals surface area contributed by atoms with Crippen molar-refractivity contribution >= 4 is 53.7 Å². The lowest BCUT2D eigenvalue weighted by Crippen LogP contribution is -2.15. The Morgan fingerprint density at radius 2 is 1.15 bits per heavy atom. The number of hydrogen-bond acceptors (Lipinski definition) is 8. The zero-order valence-corrected chi connectivity index (χ0v) is 14.8. The monoisotopic (exact) mass is 426 g/mol. The first-order valence-corrected chi connectivity index (χ1v) is 10.4. The van der Waals surface area contributed by atoms with Crippen LogP contribution in [0.2, 0.25) is 0 Å². The van der Waals surface area contributed by atoms with Crippen molar-refractivity contribution in [3.8, 4) is 0 Å². The topological polar surface area (TPSA) is 197 Å². The quantitative estimate of drug-likeness (QED) is 0.337. The molecule has 2 aromatic rings. The Hall–Kier alpha value is -2.23. The molecule has 2 aromatic carbocycles. The van der Waals surface area contributed by atoms with Crippen molar-refractivity contribution in [3.05, 3.63) is 30.3 Å². The van der Waals surface area contributed by atoms with Gasteiger partial charge >= 0.3 is 0 Å². The number of fused-ring (bicyclic) bond motifs is 1. The first kappa shape index (κ1) is 21.8. The summed E-state index contributed by atoms with van der Waals surface area (Å²) in [6.07, 6.45) is 0.389. The van der Waals surface area contributed by atoms with Crippen LogP contribution >= 0.6 is 0 Å². The average Bonchev–Trinajstić information content (AvgIpc) is 2.50. The zero-order valence-electron chi connectivity index (χ0n) is 12.4. The normalized spacial score (nSPS) is 12.1. The highest BCUT2D eigenvalue weighted by molar-refractivity contribution is 7.90. The van der Waals surface area contributed by atoms with Crippen LogP contribution in [0.1, 0.15) is 0 Å². The number of rotatable bonds is 4. The molecule has 11 nitrogen and oxygen atoms in total. The highest BCUT2D eigenvalue weighted by Crippen LogP contribution is 2.35. The molecule has 0 spiro atoms. The van der Waals surface area contributed by atoms with E-state index in [2.05, 4.69) is 0 Å². The summed E-state index contributed by atoms with van der Waals surface area (Å²) in [5.41, 5.74) is 0. The smallest absolute Gasteiger partial charge is 0.295 e. The van der Waals surface area contributed by atoms with Gasteiger partial charge in [0.1, 0.15) is 14.7 Å². The predicted molar refractivity (Wildman–Crippen MR) is 85.5 cm³/mol. The molecule has 0 fully saturated rings. The molecule has 0 unspecified atom stereocenters. The SMILES string of the molecule is O=CC=O.O=S(=O)(O)c1cc2ccccc2c(S(=O)(=O)O)c1S(=O)(=O)O. The Morgan fingerprint density at radius 1 is 0.692 bits per heavy atom. The summed E-state index contributed by atoms with van der Waals surface area (Å²) in [4.78, 5) is 13.3. The molecule has 0 saturated carbocycles. The van der Waals surface area contributed by atoms with Gasteiger partial charge in [-0.1, -0.05) is 24.3 Å². The Balaban J connectivity index is 0.000000765. The van der Waals surface area contributed by atoms with E-state index < -0.39 is 45.0 Å². The maximum atomic E-state index is 11.5. The van der Waals surface area contributed by atoms with Gasteiger partial charge in [0, 0.05) is 5.39 Å². The lowest BCUT2D eigenvalue weighted by molar-refractivity contribution is -0.122. The lowest BCUT2D eigenvalue weighted by atomic mass is 10.1. The number of carbonyl (C=O) groups excluding carboxylic acids is 2. The third-order valence-corrected chi connectivity index (χ3v) is 5.79. The molecule has 0 radical (unpaired) electrons. The van der Waals surface area contributed by atoms with Crippen LogP contribution in [0.25, 0.3) is 10.8 Å². The molecule has 0 aliphatic rings. The molecule has 0 aliphatic heterocycles. The van der Waals surface area contributed by atoms with Crippen LogP contribution in [0, 0.1) is 0 Å². The van der Waals surface area contributed by atoms with Crippen molar-refractivity contribution in [2.45, 2.75) is 14.7 Å². The first-order valence-electron chi connectivity index (χ1n) is 6.12. The third kappa shape index (κ3) is 4.90. The van der Waals surface area contributed by atoms with Crippen LogP contribution in [0.15, 0.2) is 45.0 Å². The van der Waals surface area contributed by atoms with Gasteiger partial charge in [-0.2, -0.15) is 25.3 Å². The van der Waals surface area contributed by atoms with Crippen molar-refractivity contribution in [3.63, 3.8) is 0 Å². The number of benzene rings is 2. The maximum absolute atomic E-state index is 11.5. The molecule has 14 heteroatoms. The van der Waals surface area contributed by atoms with Gasteiger partial charge in [0.2, 0.25) is 0 Å². The second-order valence-electron chi connectivity index (χ2n) is 4.45. The molecule has 0 saturated heterocycles. The standard InChI is InChI=1S/C10H8O9S3.C2H2O2/c11-20(12,13)8-5-6-3-1-2-4-7(6)9(21(14,15)16)10(8)22(17,18)19;3-1-2-4/h1-5H,(H,11,12,13)(H,14,15,16)(H,17,18,19);1-2H. The van der Waals surface area contributed by atoms with Crippen LogP contribution in [-0.2, 0) is 39.9 Å². The van der Waals surface area contributed by atoms with Gasteiger partial charge in [-0.3, -0.25) is 23.2 Å². The van der Waals surface area contributed by atoms with E-state index in [1.54, 1.807) is 0 Å². The van der Waals surface area contributed by atoms with E-state index in [9.17, 15) is 29.8 Å². The van der Waals surface area contributed by atoms with E-state index in [4.69, 9.17) is 18.7 Å².